The zero-order chi connectivity index (χ0) is 11.5. The fourth-order valence-electron chi connectivity index (χ4n) is 1.16. The fourth-order valence-corrected chi connectivity index (χ4v) is 1.47. The molecule has 2 aromatic heterocycles. The molecule has 2 aromatic rings. The first-order valence-corrected chi connectivity index (χ1v) is 5.27. The summed E-state index contributed by atoms with van der Waals surface area (Å²) in [5.74, 6) is 0.390. The van der Waals surface area contributed by atoms with Crippen LogP contribution in [0.5, 0.6) is 0 Å². The number of nitrogen functional groups attached to an aromatic ring is 1. The van der Waals surface area contributed by atoms with Crippen molar-refractivity contribution in [1.29, 1.82) is 0 Å². The highest BCUT2D eigenvalue weighted by molar-refractivity contribution is 9.10. The van der Waals surface area contributed by atoms with Gasteiger partial charge >= 0.3 is 0 Å². The molecule has 4 N–H and O–H groups in total. The highest BCUT2D eigenvalue weighted by Gasteiger charge is 2.10. The van der Waals surface area contributed by atoms with Crippen molar-refractivity contribution in [3.63, 3.8) is 0 Å². The lowest BCUT2D eigenvalue weighted by Crippen LogP contribution is -2.22. The summed E-state index contributed by atoms with van der Waals surface area (Å²) < 4.78 is 5.61. The van der Waals surface area contributed by atoms with Crippen LogP contribution in [0.25, 0.3) is 0 Å². The van der Waals surface area contributed by atoms with Gasteiger partial charge in [-0.2, -0.15) is 5.10 Å². The Morgan fingerprint density at radius 1 is 1.62 bits per heavy atom. The SMILES string of the molecule is Nc1[nH]ncc1CNC(=O)c1ccc(Br)o1. The number of aromatic nitrogens is 2. The van der Waals surface area contributed by atoms with Crippen molar-refractivity contribution in [2.45, 2.75) is 6.54 Å². The molecule has 0 saturated heterocycles. The van der Waals surface area contributed by atoms with Crippen LogP contribution in [0.4, 0.5) is 5.82 Å². The van der Waals surface area contributed by atoms with Crippen LogP contribution in [-0.4, -0.2) is 16.1 Å². The van der Waals surface area contributed by atoms with Crippen LogP contribution in [0.2, 0.25) is 0 Å². The summed E-state index contributed by atoms with van der Waals surface area (Å²) in [5.41, 5.74) is 6.30. The predicted molar refractivity (Wildman–Crippen MR) is 60.6 cm³/mol. The van der Waals surface area contributed by atoms with E-state index in [1.807, 2.05) is 0 Å². The van der Waals surface area contributed by atoms with Gasteiger partial charge in [-0.25, -0.2) is 0 Å². The number of hydrogen-bond donors (Lipinski definition) is 3. The van der Waals surface area contributed by atoms with Crippen molar-refractivity contribution in [3.05, 3.63) is 34.3 Å². The molecule has 1 amide bonds. The number of H-pyrrole nitrogens is 1. The van der Waals surface area contributed by atoms with Gasteiger partial charge in [-0.1, -0.05) is 0 Å². The topological polar surface area (TPSA) is 96.9 Å². The quantitative estimate of drug-likeness (QED) is 0.791. The third-order valence-electron chi connectivity index (χ3n) is 1.99. The molecule has 16 heavy (non-hydrogen) atoms. The van der Waals surface area contributed by atoms with E-state index in [1.165, 1.54) is 0 Å². The number of carbonyl (C=O) groups is 1. The van der Waals surface area contributed by atoms with Gasteiger partial charge in [0.2, 0.25) is 0 Å². The Morgan fingerprint density at radius 2 is 2.44 bits per heavy atom. The molecule has 0 spiro atoms. The van der Waals surface area contributed by atoms with Gasteiger partial charge in [0.1, 0.15) is 5.82 Å². The Morgan fingerprint density at radius 3 is 3.00 bits per heavy atom. The maximum Gasteiger partial charge on any atom is 0.287 e. The summed E-state index contributed by atoms with van der Waals surface area (Å²) in [7, 11) is 0. The third kappa shape index (κ3) is 2.25. The lowest BCUT2D eigenvalue weighted by molar-refractivity contribution is 0.0922. The van der Waals surface area contributed by atoms with Gasteiger partial charge in [0, 0.05) is 12.1 Å². The molecule has 0 unspecified atom stereocenters. The summed E-state index contributed by atoms with van der Waals surface area (Å²) in [6, 6.07) is 3.24. The summed E-state index contributed by atoms with van der Waals surface area (Å²) in [6.07, 6.45) is 1.56. The standard InChI is InChI=1S/C9H9BrN4O2/c10-7-2-1-6(16-7)9(15)12-3-5-4-13-14-8(5)11/h1-2,4H,3H2,(H,12,15)(H3,11,13,14). The molecule has 0 aromatic carbocycles. The largest absolute Gasteiger partial charge is 0.444 e. The van der Waals surface area contributed by atoms with E-state index in [0.717, 1.165) is 5.56 Å². The molecule has 0 aliphatic rings. The Balaban J connectivity index is 1.96. The zero-order valence-electron chi connectivity index (χ0n) is 8.16. The van der Waals surface area contributed by atoms with Crippen LogP contribution < -0.4 is 11.1 Å². The van der Waals surface area contributed by atoms with Gasteiger partial charge in [0.05, 0.1) is 6.20 Å². The second-order valence-electron chi connectivity index (χ2n) is 3.10. The minimum atomic E-state index is -0.300. The van der Waals surface area contributed by atoms with Crippen LogP contribution in [0, 0.1) is 0 Å². The summed E-state index contributed by atoms with van der Waals surface area (Å²) in [4.78, 5) is 11.6. The van der Waals surface area contributed by atoms with Gasteiger partial charge in [0.15, 0.2) is 10.4 Å². The molecule has 6 nitrogen and oxygen atoms in total. The van der Waals surface area contributed by atoms with E-state index < -0.39 is 0 Å². The van der Waals surface area contributed by atoms with Crippen LogP contribution >= 0.6 is 15.9 Å². The van der Waals surface area contributed by atoms with Crippen LogP contribution in [0.3, 0.4) is 0 Å². The van der Waals surface area contributed by atoms with E-state index in [0.29, 0.717) is 17.0 Å². The molecule has 0 atom stereocenters. The minimum Gasteiger partial charge on any atom is -0.444 e. The Labute approximate surface area is 99.3 Å². The maximum absolute atomic E-state index is 11.6. The predicted octanol–water partition coefficient (Wildman–Crippen LogP) is 1.28. The molecule has 0 radical (unpaired) electrons. The Kier molecular flexibility index (Phi) is 2.95. The number of furan rings is 1. The number of anilines is 1. The van der Waals surface area contributed by atoms with E-state index in [4.69, 9.17) is 10.2 Å². The highest BCUT2D eigenvalue weighted by atomic mass is 79.9. The normalized spacial score (nSPS) is 10.3. The molecule has 0 aliphatic carbocycles. The molecule has 0 fully saturated rings. The van der Waals surface area contributed by atoms with Gasteiger partial charge in [-0.15, -0.1) is 0 Å². The maximum atomic E-state index is 11.6. The van der Waals surface area contributed by atoms with Crippen LogP contribution in [0.1, 0.15) is 16.1 Å². The lowest BCUT2D eigenvalue weighted by atomic mass is 10.3. The molecule has 0 bridgehead atoms. The van der Waals surface area contributed by atoms with Crippen LogP contribution in [0.15, 0.2) is 27.4 Å². The minimum absolute atomic E-state index is 0.244. The number of hydrogen-bond acceptors (Lipinski definition) is 4. The first-order chi connectivity index (χ1) is 7.66. The Hall–Kier alpha value is -1.76. The van der Waals surface area contributed by atoms with Gasteiger partial charge < -0.3 is 15.5 Å². The average molecular weight is 285 g/mol. The smallest absolute Gasteiger partial charge is 0.287 e. The Bertz CT molecular complexity index is 505. The van der Waals surface area contributed by atoms with E-state index in [1.54, 1.807) is 18.3 Å². The van der Waals surface area contributed by atoms with Gasteiger partial charge in [-0.3, -0.25) is 9.89 Å². The molecule has 7 heteroatoms. The van der Waals surface area contributed by atoms with Crippen LogP contribution in [-0.2, 0) is 6.54 Å². The second kappa shape index (κ2) is 4.40. The van der Waals surface area contributed by atoms with E-state index >= 15 is 0 Å². The summed E-state index contributed by atoms with van der Waals surface area (Å²) in [5, 5.41) is 8.99. The molecule has 0 aliphatic heterocycles. The zero-order valence-corrected chi connectivity index (χ0v) is 9.74. The monoisotopic (exact) mass is 284 g/mol. The number of nitrogens with zero attached hydrogens (tertiary/aromatic N) is 1. The number of nitrogens with one attached hydrogen (secondary N) is 2. The lowest BCUT2D eigenvalue weighted by Gasteiger charge is -2.01. The summed E-state index contributed by atoms with van der Waals surface area (Å²) in [6.45, 7) is 0.305. The molecule has 84 valence electrons. The van der Waals surface area contributed by atoms with Crippen molar-refractivity contribution >= 4 is 27.7 Å². The first kappa shape index (κ1) is 10.7. The molecule has 2 rings (SSSR count). The highest BCUT2D eigenvalue weighted by Crippen LogP contribution is 2.14. The second-order valence-corrected chi connectivity index (χ2v) is 3.88. The molecule has 0 saturated carbocycles. The van der Waals surface area contributed by atoms with Crippen molar-refractivity contribution in [2.24, 2.45) is 0 Å². The molecular formula is C9H9BrN4O2. The number of aromatic amines is 1. The molecular weight excluding hydrogens is 276 g/mol. The van der Waals surface area contributed by atoms with E-state index in [-0.39, 0.29) is 11.7 Å². The van der Waals surface area contributed by atoms with Crippen molar-refractivity contribution in [2.75, 3.05) is 5.73 Å². The number of halogens is 1. The van der Waals surface area contributed by atoms with E-state index in [2.05, 4.69) is 31.4 Å². The molecule has 2 heterocycles. The number of rotatable bonds is 3. The number of carbonyl (C=O) groups excluding carboxylic acids is 1. The summed E-state index contributed by atoms with van der Waals surface area (Å²) >= 11 is 3.12. The number of amides is 1. The number of nitrogens with two attached hydrogens (primary N) is 1. The fraction of sp³-hybridized carbons (Fsp3) is 0.111. The van der Waals surface area contributed by atoms with E-state index in [9.17, 15) is 4.79 Å². The third-order valence-corrected chi connectivity index (χ3v) is 2.41. The average Bonchev–Trinajstić information content (AvgIpc) is 2.84. The van der Waals surface area contributed by atoms with Gasteiger partial charge in [-0.05, 0) is 28.1 Å². The van der Waals surface area contributed by atoms with Crippen molar-refractivity contribution < 1.29 is 9.21 Å². The van der Waals surface area contributed by atoms with Gasteiger partial charge in [0.25, 0.3) is 5.91 Å². The van der Waals surface area contributed by atoms with Crippen molar-refractivity contribution in [3.8, 4) is 0 Å². The first-order valence-electron chi connectivity index (χ1n) is 4.48. The van der Waals surface area contributed by atoms with Crippen molar-refractivity contribution in [1.82, 2.24) is 15.5 Å².